The SMILES string of the molecule is CCCC(=O)Nc1nc(-c2ccc3c(c2)NC(=O)[C@H](C)O3)cs1. The summed E-state index contributed by atoms with van der Waals surface area (Å²) in [4.78, 5) is 27.7. The number of carbonyl (C=O) groups excluding carboxylic acids is 2. The zero-order valence-electron chi connectivity index (χ0n) is 12.9. The van der Waals surface area contributed by atoms with Gasteiger partial charge in [-0.05, 0) is 31.5 Å². The fourth-order valence-corrected chi connectivity index (χ4v) is 2.98. The molecule has 0 fully saturated rings. The second kappa shape index (κ2) is 6.37. The average molecular weight is 331 g/mol. The molecule has 23 heavy (non-hydrogen) atoms. The number of nitrogens with one attached hydrogen (secondary N) is 2. The van der Waals surface area contributed by atoms with Crippen molar-refractivity contribution in [2.75, 3.05) is 10.6 Å². The van der Waals surface area contributed by atoms with Crippen molar-refractivity contribution in [3.05, 3.63) is 23.6 Å². The number of thiazole rings is 1. The largest absolute Gasteiger partial charge is 0.479 e. The van der Waals surface area contributed by atoms with Gasteiger partial charge < -0.3 is 15.4 Å². The lowest BCUT2D eigenvalue weighted by atomic mass is 10.1. The van der Waals surface area contributed by atoms with Crippen LogP contribution in [0.25, 0.3) is 11.3 Å². The molecule has 0 bridgehead atoms. The van der Waals surface area contributed by atoms with E-state index in [4.69, 9.17) is 4.74 Å². The molecule has 2 amide bonds. The molecular weight excluding hydrogens is 314 g/mol. The summed E-state index contributed by atoms with van der Waals surface area (Å²) < 4.78 is 5.53. The van der Waals surface area contributed by atoms with Gasteiger partial charge in [-0.15, -0.1) is 11.3 Å². The zero-order chi connectivity index (χ0) is 16.4. The van der Waals surface area contributed by atoms with Crippen molar-refractivity contribution in [3.63, 3.8) is 0 Å². The Hall–Kier alpha value is -2.41. The van der Waals surface area contributed by atoms with Gasteiger partial charge in [-0.2, -0.15) is 0 Å². The number of carbonyl (C=O) groups is 2. The summed E-state index contributed by atoms with van der Waals surface area (Å²) >= 11 is 1.38. The molecule has 1 aromatic carbocycles. The number of aromatic nitrogens is 1. The lowest BCUT2D eigenvalue weighted by Crippen LogP contribution is -2.34. The van der Waals surface area contributed by atoms with Crippen LogP contribution < -0.4 is 15.4 Å². The highest BCUT2D eigenvalue weighted by atomic mass is 32.1. The average Bonchev–Trinajstić information content (AvgIpc) is 2.96. The molecule has 3 rings (SSSR count). The highest BCUT2D eigenvalue weighted by Gasteiger charge is 2.23. The topological polar surface area (TPSA) is 80.3 Å². The second-order valence-corrected chi connectivity index (χ2v) is 6.15. The molecule has 6 nitrogen and oxygen atoms in total. The highest BCUT2D eigenvalue weighted by molar-refractivity contribution is 7.14. The Kier molecular flexibility index (Phi) is 4.29. The third-order valence-electron chi connectivity index (χ3n) is 3.43. The van der Waals surface area contributed by atoms with E-state index < -0.39 is 6.10 Å². The molecule has 0 unspecified atom stereocenters. The molecule has 0 aliphatic carbocycles. The van der Waals surface area contributed by atoms with E-state index in [0.717, 1.165) is 17.7 Å². The summed E-state index contributed by atoms with van der Waals surface area (Å²) in [5, 5.41) is 8.05. The van der Waals surface area contributed by atoms with E-state index in [1.165, 1.54) is 11.3 Å². The number of benzene rings is 1. The Bertz CT molecular complexity index is 757. The van der Waals surface area contributed by atoms with Gasteiger partial charge in [-0.25, -0.2) is 4.98 Å². The first-order valence-corrected chi connectivity index (χ1v) is 8.32. The minimum atomic E-state index is -0.493. The number of nitrogens with zero attached hydrogens (tertiary/aromatic N) is 1. The molecule has 2 N–H and O–H groups in total. The van der Waals surface area contributed by atoms with Crippen molar-refractivity contribution in [3.8, 4) is 17.0 Å². The molecule has 2 aromatic rings. The molecule has 1 aliphatic heterocycles. The summed E-state index contributed by atoms with van der Waals surface area (Å²) in [6.45, 7) is 3.66. The van der Waals surface area contributed by atoms with Crippen molar-refractivity contribution in [1.82, 2.24) is 4.98 Å². The van der Waals surface area contributed by atoms with Crippen LogP contribution in [0.3, 0.4) is 0 Å². The predicted molar refractivity (Wildman–Crippen MR) is 89.8 cm³/mol. The first-order valence-electron chi connectivity index (χ1n) is 7.44. The van der Waals surface area contributed by atoms with E-state index in [0.29, 0.717) is 23.0 Å². The van der Waals surface area contributed by atoms with Crippen molar-refractivity contribution in [2.24, 2.45) is 0 Å². The Morgan fingerprint density at radius 2 is 2.30 bits per heavy atom. The van der Waals surface area contributed by atoms with E-state index in [2.05, 4.69) is 15.6 Å². The third kappa shape index (κ3) is 3.34. The van der Waals surface area contributed by atoms with Crippen LogP contribution in [-0.4, -0.2) is 22.9 Å². The normalized spacial score (nSPS) is 16.3. The number of ether oxygens (including phenoxy) is 1. The summed E-state index contributed by atoms with van der Waals surface area (Å²) in [5.74, 6) is 0.446. The molecule has 1 aromatic heterocycles. The lowest BCUT2D eigenvalue weighted by Gasteiger charge is -2.23. The Labute approximate surface area is 137 Å². The first-order chi connectivity index (χ1) is 11.1. The molecule has 2 heterocycles. The number of hydrogen-bond acceptors (Lipinski definition) is 5. The van der Waals surface area contributed by atoms with Crippen molar-refractivity contribution in [1.29, 1.82) is 0 Å². The van der Waals surface area contributed by atoms with Gasteiger partial charge in [0.2, 0.25) is 5.91 Å². The molecule has 0 radical (unpaired) electrons. The number of hydrogen-bond donors (Lipinski definition) is 2. The summed E-state index contributed by atoms with van der Waals surface area (Å²) in [7, 11) is 0. The quantitative estimate of drug-likeness (QED) is 0.901. The lowest BCUT2D eigenvalue weighted by molar-refractivity contribution is -0.122. The maximum absolute atomic E-state index is 11.7. The van der Waals surface area contributed by atoms with Gasteiger partial charge in [-0.3, -0.25) is 9.59 Å². The van der Waals surface area contributed by atoms with Crippen LogP contribution in [0, 0.1) is 0 Å². The Balaban J connectivity index is 1.80. The van der Waals surface area contributed by atoms with Gasteiger partial charge in [0.1, 0.15) is 5.75 Å². The standard InChI is InChI=1S/C16H17N3O3S/c1-3-4-14(20)19-16-18-12(8-23-16)10-5-6-13-11(7-10)17-15(21)9(2)22-13/h5-9H,3-4H2,1-2H3,(H,17,21)(H,18,19,20)/t9-/m0/s1. The van der Waals surface area contributed by atoms with Crippen LogP contribution in [0.1, 0.15) is 26.7 Å². The Morgan fingerprint density at radius 1 is 1.48 bits per heavy atom. The van der Waals surface area contributed by atoms with E-state index in [9.17, 15) is 9.59 Å². The predicted octanol–water partition coefficient (Wildman–Crippen LogP) is 3.27. The van der Waals surface area contributed by atoms with Crippen LogP contribution in [0.2, 0.25) is 0 Å². The summed E-state index contributed by atoms with van der Waals surface area (Å²) in [6.07, 6.45) is 0.787. The van der Waals surface area contributed by atoms with Gasteiger partial charge in [0.15, 0.2) is 11.2 Å². The van der Waals surface area contributed by atoms with E-state index in [-0.39, 0.29) is 11.8 Å². The molecule has 1 atom stereocenters. The summed E-state index contributed by atoms with van der Waals surface area (Å²) in [5.41, 5.74) is 2.24. The smallest absolute Gasteiger partial charge is 0.265 e. The molecule has 1 aliphatic rings. The Morgan fingerprint density at radius 3 is 3.09 bits per heavy atom. The van der Waals surface area contributed by atoms with Gasteiger partial charge in [0, 0.05) is 17.4 Å². The van der Waals surface area contributed by atoms with E-state index >= 15 is 0 Å². The first kappa shape index (κ1) is 15.5. The van der Waals surface area contributed by atoms with Gasteiger partial charge in [-0.1, -0.05) is 6.92 Å². The molecule has 7 heteroatoms. The molecule has 120 valence electrons. The van der Waals surface area contributed by atoms with Gasteiger partial charge in [0.25, 0.3) is 5.91 Å². The fraction of sp³-hybridized carbons (Fsp3) is 0.312. The molecule has 0 saturated carbocycles. The van der Waals surface area contributed by atoms with Crippen molar-refractivity contribution < 1.29 is 14.3 Å². The number of anilines is 2. The van der Waals surface area contributed by atoms with Crippen LogP contribution >= 0.6 is 11.3 Å². The van der Waals surface area contributed by atoms with Gasteiger partial charge in [0.05, 0.1) is 11.4 Å². The third-order valence-corrected chi connectivity index (χ3v) is 4.19. The van der Waals surface area contributed by atoms with Crippen LogP contribution in [0.5, 0.6) is 5.75 Å². The minimum absolute atomic E-state index is 0.0338. The van der Waals surface area contributed by atoms with Crippen LogP contribution in [-0.2, 0) is 9.59 Å². The summed E-state index contributed by atoms with van der Waals surface area (Å²) in [6, 6.07) is 5.52. The molecule has 0 saturated heterocycles. The minimum Gasteiger partial charge on any atom is -0.479 e. The monoisotopic (exact) mass is 331 g/mol. The van der Waals surface area contributed by atoms with Crippen LogP contribution in [0.4, 0.5) is 10.8 Å². The van der Waals surface area contributed by atoms with E-state index in [1.54, 1.807) is 6.92 Å². The van der Waals surface area contributed by atoms with Crippen molar-refractivity contribution in [2.45, 2.75) is 32.8 Å². The zero-order valence-corrected chi connectivity index (χ0v) is 13.7. The molecule has 0 spiro atoms. The van der Waals surface area contributed by atoms with E-state index in [1.807, 2.05) is 30.5 Å². The maximum Gasteiger partial charge on any atom is 0.265 e. The number of rotatable bonds is 4. The fourth-order valence-electron chi connectivity index (χ4n) is 2.24. The second-order valence-electron chi connectivity index (χ2n) is 5.30. The highest BCUT2D eigenvalue weighted by Crippen LogP contribution is 2.34. The van der Waals surface area contributed by atoms with Crippen molar-refractivity contribution >= 4 is 34.0 Å². The molecular formula is C16H17N3O3S. The number of amides is 2. The van der Waals surface area contributed by atoms with Crippen LogP contribution in [0.15, 0.2) is 23.6 Å². The maximum atomic E-state index is 11.7. The number of fused-ring (bicyclic) bond motifs is 1. The van der Waals surface area contributed by atoms with Gasteiger partial charge >= 0.3 is 0 Å².